The molecule has 1 aromatic carbocycles. The topological polar surface area (TPSA) is 98.1 Å². The van der Waals surface area contributed by atoms with Gasteiger partial charge in [0.2, 0.25) is 5.91 Å². The predicted octanol–water partition coefficient (Wildman–Crippen LogP) is 2.56. The van der Waals surface area contributed by atoms with E-state index in [1.165, 1.54) is 17.3 Å². The molecule has 1 saturated heterocycles. The van der Waals surface area contributed by atoms with Gasteiger partial charge >= 0.3 is 0 Å². The molecule has 0 radical (unpaired) electrons. The largest absolute Gasteiger partial charge is 0.381 e. The average molecular weight is 453 g/mol. The highest BCUT2D eigenvalue weighted by Crippen LogP contribution is 2.41. The van der Waals surface area contributed by atoms with E-state index in [1.54, 1.807) is 4.68 Å². The van der Waals surface area contributed by atoms with E-state index in [1.807, 2.05) is 22.8 Å². The number of amides is 1. The number of para-hydroxylation sites is 1. The second-order valence-corrected chi connectivity index (χ2v) is 9.76. The number of pyridine rings is 1. The van der Waals surface area contributed by atoms with Gasteiger partial charge < -0.3 is 14.6 Å². The number of thioether (sulfide) groups is 1. The zero-order chi connectivity index (χ0) is 21.8. The van der Waals surface area contributed by atoms with Crippen molar-refractivity contribution in [3.8, 4) is 0 Å². The number of ether oxygens (including phenoxy) is 1. The summed E-state index contributed by atoms with van der Waals surface area (Å²) in [6, 6.07) is 8.09. The van der Waals surface area contributed by atoms with Crippen molar-refractivity contribution in [2.24, 2.45) is 0 Å². The van der Waals surface area contributed by atoms with Crippen LogP contribution >= 0.6 is 11.8 Å². The molecule has 166 valence electrons. The molecule has 9 heteroatoms. The molecule has 3 aromatic rings. The number of anilines is 1. The Kier molecular flexibility index (Phi) is 4.76. The number of fused-ring (bicyclic) bond motifs is 1. The van der Waals surface area contributed by atoms with Gasteiger partial charge in [0.25, 0.3) is 11.1 Å². The molecule has 8 nitrogen and oxygen atoms in total. The molecule has 5 heterocycles. The van der Waals surface area contributed by atoms with Crippen LogP contribution in [-0.4, -0.2) is 39.2 Å². The van der Waals surface area contributed by atoms with E-state index in [-0.39, 0.29) is 28.8 Å². The van der Waals surface area contributed by atoms with Crippen LogP contribution in [0.4, 0.5) is 5.82 Å². The number of aryl methyl sites for hydroxylation is 2. The number of aromatic nitrogens is 3. The molecule has 0 aliphatic carbocycles. The van der Waals surface area contributed by atoms with Gasteiger partial charge in [-0.05, 0) is 42.7 Å². The molecular formula is C23H24N4O4S. The third-order valence-corrected chi connectivity index (χ3v) is 8.01. The molecule has 0 saturated carbocycles. The Morgan fingerprint density at radius 2 is 1.97 bits per heavy atom. The molecule has 32 heavy (non-hydrogen) atoms. The van der Waals surface area contributed by atoms with Crippen molar-refractivity contribution in [3.63, 3.8) is 0 Å². The van der Waals surface area contributed by atoms with E-state index in [4.69, 9.17) is 4.74 Å². The fraction of sp³-hybridized carbons (Fsp3) is 0.435. The first-order chi connectivity index (χ1) is 15.6. The second kappa shape index (κ2) is 7.67. The Morgan fingerprint density at radius 1 is 1.12 bits per heavy atom. The Morgan fingerprint density at radius 3 is 2.81 bits per heavy atom. The molecule has 0 spiro atoms. The lowest BCUT2D eigenvalue weighted by molar-refractivity contribution is -0.113. The predicted molar refractivity (Wildman–Crippen MR) is 124 cm³/mol. The molecule has 3 aliphatic heterocycles. The lowest BCUT2D eigenvalue weighted by Gasteiger charge is -2.25. The van der Waals surface area contributed by atoms with Crippen LogP contribution in [0.25, 0.3) is 10.9 Å². The zero-order valence-electron chi connectivity index (χ0n) is 17.6. The number of carbonyl (C=O) groups is 1. The lowest BCUT2D eigenvalue weighted by atomic mass is 9.98. The summed E-state index contributed by atoms with van der Waals surface area (Å²) in [6.45, 7) is 1.90. The first kappa shape index (κ1) is 19.9. The van der Waals surface area contributed by atoms with Gasteiger partial charge in [0.15, 0.2) is 0 Å². The Balaban J connectivity index is 1.55. The highest BCUT2D eigenvalue weighted by Gasteiger charge is 2.34. The summed E-state index contributed by atoms with van der Waals surface area (Å²) >= 11 is 1.34. The van der Waals surface area contributed by atoms with Gasteiger partial charge in [-0.1, -0.05) is 18.2 Å². The zero-order valence-corrected chi connectivity index (χ0v) is 18.4. The highest BCUT2D eigenvalue weighted by atomic mass is 32.2. The molecule has 0 unspecified atom stereocenters. The van der Waals surface area contributed by atoms with Crippen molar-refractivity contribution < 1.29 is 9.53 Å². The number of nitrogens with one attached hydrogen (secondary N) is 2. The van der Waals surface area contributed by atoms with Crippen LogP contribution in [0.2, 0.25) is 0 Å². The first-order valence-corrected chi connectivity index (χ1v) is 12.2. The molecule has 1 atom stereocenters. The van der Waals surface area contributed by atoms with Gasteiger partial charge in [-0.3, -0.25) is 24.2 Å². The minimum absolute atomic E-state index is 0.0469. The van der Waals surface area contributed by atoms with Crippen LogP contribution in [0, 0.1) is 0 Å². The highest BCUT2D eigenvalue weighted by molar-refractivity contribution is 8.00. The summed E-state index contributed by atoms with van der Waals surface area (Å²) < 4.78 is 9.11. The number of hydrogen-bond donors (Lipinski definition) is 2. The smallest absolute Gasteiger partial charge is 0.270 e. The number of H-pyrrole nitrogens is 1. The maximum absolute atomic E-state index is 13.6. The van der Waals surface area contributed by atoms with Crippen molar-refractivity contribution >= 4 is 34.4 Å². The van der Waals surface area contributed by atoms with Gasteiger partial charge in [-0.25, -0.2) is 0 Å². The van der Waals surface area contributed by atoms with Crippen molar-refractivity contribution in [3.05, 3.63) is 61.7 Å². The Hall–Kier alpha value is -2.78. The van der Waals surface area contributed by atoms with Gasteiger partial charge in [0.05, 0.1) is 28.1 Å². The third kappa shape index (κ3) is 3.06. The molecule has 0 bridgehead atoms. The second-order valence-electron chi connectivity index (χ2n) is 8.67. The number of nitrogens with zero attached hydrogens (tertiary/aromatic N) is 2. The van der Waals surface area contributed by atoms with Gasteiger partial charge in [-0.15, -0.1) is 11.8 Å². The summed E-state index contributed by atoms with van der Waals surface area (Å²) in [6.07, 6.45) is 3.40. The summed E-state index contributed by atoms with van der Waals surface area (Å²) in [5, 5.41) is 6.37. The van der Waals surface area contributed by atoms with E-state index in [0.29, 0.717) is 36.7 Å². The number of benzene rings is 1. The number of hydrogen-bond acceptors (Lipinski definition) is 5. The quantitative estimate of drug-likeness (QED) is 0.623. The molecule has 1 fully saturated rings. The lowest BCUT2D eigenvalue weighted by Crippen LogP contribution is -2.29. The standard InChI is InChI=1S/C23H24N4O4S/c28-17-12-32-20(18-21(24-17)27(25-22(18)29)15-6-9-31-10-7-15)16-11-14-4-1-3-13-5-2-8-26(19(13)14)23(16)30/h1,3-4,11,15,20H,2,5-10,12H2,(H,24,28)(H,25,29)/t20-/m0/s1. The van der Waals surface area contributed by atoms with E-state index in [0.717, 1.165) is 36.6 Å². The van der Waals surface area contributed by atoms with Crippen LogP contribution in [0.3, 0.4) is 0 Å². The molecule has 1 amide bonds. The monoisotopic (exact) mass is 452 g/mol. The maximum Gasteiger partial charge on any atom is 0.270 e. The first-order valence-electron chi connectivity index (χ1n) is 11.1. The summed E-state index contributed by atoms with van der Waals surface area (Å²) in [4.78, 5) is 39.4. The van der Waals surface area contributed by atoms with E-state index >= 15 is 0 Å². The molecule has 3 aliphatic rings. The number of carbonyl (C=O) groups excluding carboxylic acids is 1. The van der Waals surface area contributed by atoms with Gasteiger partial charge in [-0.2, -0.15) is 0 Å². The minimum Gasteiger partial charge on any atom is -0.381 e. The fourth-order valence-electron chi connectivity index (χ4n) is 5.28. The van der Waals surface area contributed by atoms with Crippen molar-refractivity contribution in [1.29, 1.82) is 0 Å². The maximum atomic E-state index is 13.6. The van der Waals surface area contributed by atoms with Crippen molar-refractivity contribution in [2.45, 2.75) is 43.5 Å². The Bertz CT molecular complexity index is 1350. The molecule has 6 rings (SSSR count). The van der Waals surface area contributed by atoms with Crippen molar-refractivity contribution in [1.82, 2.24) is 14.3 Å². The number of aromatic amines is 1. The van der Waals surface area contributed by atoms with E-state index in [9.17, 15) is 14.4 Å². The number of rotatable bonds is 2. The fourth-order valence-corrected chi connectivity index (χ4v) is 6.40. The minimum atomic E-state index is -0.514. The average Bonchev–Trinajstić information content (AvgIpc) is 3.02. The van der Waals surface area contributed by atoms with Crippen LogP contribution in [0.1, 0.15) is 47.2 Å². The molecular weight excluding hydrogens is 428 g/mol. The SMILES string of the molecule is O=C1CS[C@@H](c2cc3cccc4c3n(c2=O)CCC4)c2c(n(C3CCOCC3)[nH]c2=O)N1. The van der Waals surface area contributed by atoms with Crippen LogP contribution in [0.5, 0.6) is 0 Å². The summed E-state index contributed by atoms with van der Waals surface area (Å²) in [5.41, 5.74) is 2.89. The van der Waals surface area contributed by atoms with E-state index in [2.05, 4.69) is 16.5 Å². The summed E-state index contributed by atoms with van der Waals surface area (Å²) in [7, 11) is 0. The summed E-state index contributed by atoms with van der Waals surface area (Å²) in [5.74, 6) is 0.515. The van der Waals surface area contributed by atoms with Crippen LogP contribution < -0.4 is 16.4 Å². The normalized spacial score (nSPS) is 21.2. The van der Waals surface area contributed by atoms with Crippen LogP contribution in [-0.2, 0) is 22.5 Å². The van der Waals surface area contributed by atoms with Crippen molar-refractivity contribution in [2.75, 3.05) is 24.3 Å². The van der Waals surface area contributed by atoms with Gasteiger partial charge in [0.1, 0.15) is 5.82 Å². The van der Waals surface area contributed by atoms with E-state index < -0.39 is 5.25 Å². The third-order valence-electron chi connectivity index (χ3n) is 6.75. The Labute approximate surface area is 187 Å². The van der Waals surface area contributed by atoms with Gasteiger partial charge in [0, 0.05) is 25.3 Å². The molecule has 2 aromatic heterocycles. The molecule has 2 N–H and O–H groups in total. The van der Waals surface area contributed by atoms with Crippen LogP contribution in [0.15, 0.2) is 33.9 Å².